The van der Waals surface area contributed by atoms with Crippen molar-refractivity contribution in [2.75, 3.05) is 6.54 Å². The van der Waals surface area contributed by atoms with Crippen molar-refractivity contribution in [3.8, 4) is 5.75 Å². The van der Waals surface area contributed by atoms with Gasteiger partial charge in [-0.2, -0.15) is 0 Å². The van der Waals surface area contributed by atoms with Crippen LogP contribution in [0, 0.1) is 0 Å². The molecule has 0 saturated heterocycles. The highest BCUT2D eigenvalue weighted by Gasteiger charge is 2.17. The second kappa shape index (κ2) is 7.21. The summed E-state index contributed by atoms with van der Waals surface area (Å²) in [7, 11) is 0. The standard InChI is InChI=1S/C14H17N5O3/c1-10(14(21)16-7-13(15)20)19-8-11(17-18-19)9-22-12-5-3-2-4-6-12/h2-6,8,10H,7,9H2,1H3,(H2,15,20)(H,16,21). The third-order valence-corrected chi connectivity index (χ3v) is 2.90. The molecule has 1 aromatic heterocycles. The maximum absolute atomic E-state index is 11.8. The molecule has 8 nitrogen and oxygen atoms in total. The first kappa shape index (κ1) is 15.5. The van der Waals surface area contributed by atoms with Gasteiger partial charge in [0.25, 0.3) is 0 Å². The molecule has 1 heterocycles. The lowest BCUT2D eigenvalue weighted by Gasteiger charge is -2.10. The summed E-state index contributed by atoms with van der Waals surface area (Å²) >= 11 is 0. The van der Waals surface area contributed by atoms with Gasteiger partial charge in [0.2, 0.25) is 11.8 Å². The molecule has 0 bridgehead atoms. The Kier molecular flexibility index (Phi) is 5.07. The lowest BCUT2D eigenvalue weighted by Crippen LogP contribution is -2.37. The third-order valence-electron chi connectivity index (χ3n) is 2.90. The number of nitrogens with two attached hydrogens (primary N) is 1. The van der Waals surface area contributed by atoms with Gasteiger partial charge in [0, 0.05) is 0 Å². The van der Waals surface area contributed by atoms with Gasteiger partial charge in [-0.25, -0.2) is 4.68 Å². The molecule has 1 unspecified atom stereocenters. The predicted octanol–water partition coefficient (Wildman–Crippen LogP) is 0.0196. The second-order valence-corrected chi connectivity index (χ2v) is 4.65. The molecule has 0 saturated carbocycles. The minimum Gasteiger partial charge on any atom is -0.487 e. The summed E-state index contributed by atoms with van der Waals surface area (Å²) in [6, 6.07) is 8.72. The van der Waals surface area contributed by atoms with E-state index in [1.807, 2.05) is 30.3 Å². The molecule has 0 aliphatic rings. The fourth-order valence-corrected chi connectivity index (χ4v) is 1.68. The number of carbonyl (C=O) groups is 2. The van der Waals surface area contributed by atoms with Crippen molar-refractivity contribution in [2.45, 2.75) is 19.6 Å². The van der Waals surface area contributed by atoms with Crippen molar-refractivity contribution in [3.05, 3.63) is 42.2 Å². The molecule has 8 heteroatoms. The largest absolute Gasteiger partial charge is 0.487 e. The van der Waals surface area contributed by atoms with Gasteiger partial charge in [0.05, 0.1) is 12.7 Å². The highest BCUT2D eigenvalue weighted by molar-refractivity contribution is 5.85. The molecule has 0 aliphatic carbocycles. The number of primary amides is 1. The number of ether oxygens (including phenoxy) is 1. The summed E-state index contributed by atoms with van der Waals surface area (Å²) < 4.78 is 6.95. The van der Waals surface area contributed by atoms with E-state index >= 15 is 0 Å². The first-order valence-corrected chi connectivity index (χ1v) is 6.71. The zero-order chi connectivity index (χ0) is 15.9. The van der Waals surface area contributed by atoms with Crippen LogP contribution in [0.5, 0.6) is 5.75 Å². The normalized spacial score (nSPS) is 11.7. The summed E-state index contributed by atoms with van der Waals surface area (Å²) in [5.74, 6) is -0.236. The first-order valence-electron chi connectivity index (χ1n) is 6.71. The van der Waals surface area contributed by atoms with Gasteiger partial charge in [-0.1, -0.05) is 23.4 Å². The average molecular weight is 303 g/mol. The van der Waals surface area contributed by atoms with Crippen LogP contribution in [-0.4, -0.2) is 33.4 Å². The number of rotatable bonds is 7. The van der Waals surface area contributed by atoms with Crippen molar-refractivity contribution >= 4 is 11.8 Å². The third kappa shape index (κ3) is 4.30. The monoisotopic (exact) mass is 303 g/mol. The van der Waals surface area contributed by atoms with Gasteiger partial charge in [0.15, 0.2) is 0 Å². The van der Waals surface area contributed by atoms with E-state index < -0.39 is 11.9 Å². The highest BCUT2D eigenvalue weighted by atomic mass is 16.5. The smallest absolute Gasteiger partial charge is 0.245 e. The van der Waals surface area contributed by atoms with Crippen molar-refractivity contribution in [1.82, 2.24) is 20.3 Å². The molecular weight excluding hydrogens is 286 g/mol. The van der Waals surface area contributed by atoms with Crippen LogP contribution >= 0.6 is 0 Å². The fraction of sp³-hybridized carbons (Fsp3) is 0.286. The summed E-state index contributed by atoms with van der Waals surface area (Å²) in [5.41, 5.74) is 5.57. The number of hydrogen-bond donors (Lipinski definition) is 2. The van der Waals surface area contributed by atoms with E-state index in [1.54, 1.807) is 13.1 Å². The topological polar surface area (TPSA) is 112 Å². The summed E-state index contributed by atoms with van der Waals surface area (Å²) in [6.07, 6.45) is 1.62. The van der Waals surface area contributed by atoms with E-state index in [4.69, 9.17) is 10.5 Å². The molecule has 0 spiro atoms. The number of amides is 2. The minimum atomic E-state index is -0.601. The van der Waals surface area contributed by atoms with Gasteiger partial charge >= 0.3 is 0 Å². The zero-order valence-electron chi connectivity index (χ0n) is 12.1. The molecule has 1 atom stereocenters. The van der Waals surface area contributed by atoms with Gasteiger partial charge < -0.3 is 15.8 Å². The Balaban J connectivity index is 1.90. The van der Waals surface area contributed by atoms with Crippen molar-refractivity contribution < 1.29 is 14.3 Å². The maximum atomic E-state index is 11.8. The summed E-state index contributed by atoms with van der Waals surface area (Å²) in [5, 5.41) is 10.2. The van der Waals surface area contributed by atoms with E-state index in [9.17, 15) is 9.59 Å². The van der Waals surface area contributed by atoms with Gasteiger partial charge in [0.1, 0.15) is 24.1 Å². The Labute approximate surface area is 127 Å². The van der Waals surface area contributed by atoms with Crippen LogP contribution in [0.25, 0.3) is 0 Å². The van der Waals surface area contributed by atoms with Crippen LogP contribution in [0.15, 0.2) is 36.5 Å². The fourth-order valence-electron chi connectivity index (χ4n) is 1.68. The predicted molar refractivity (Wildman–Crippen MR) is 77.7 cm³/mol. The van der Waals surface area contributed by atoms with Crippen LogP contribution in [0.2, 0.25) is 0 Å². The first-order chi connectivity index (χ1) is 10.6. The minimum absolute atomic E-state index is 0.207. The highest BCUT2D eigenvalue weighted by Crippen LogP contribution is 2.11. The van der Waals surface area contributed by atoms with Gasteiger partial charge in [-0.15, -0.1) is 5.10 Å². The second-order valence-electron chi connectivity index (χ2n) is 4.65. The Bertz CT molecular complexity index is 641. The van der Waals surface area contributed by atoms with Crippen LogP contribution in [0.1, 0.15) is 18.7 Å². The van der Waals surface area contributed by atoms with Crippen molar-refractivity contribution in [1.29, 1.82) is 0 Å². The Morgan fingerprint density at radius 2 is 2.09 bits per heavy atom. The molecular formula is C14H17N5O3. The van der Waals surface area contributed by atoms with E-state index in [2.05, 4.69) is 15.6 Å². The number of para-hydroxylation sites is 1. The zero-order valence-corrected chi connectivity index (χ0v) is 12.1. The molecule has 2 rings (SSSR count). The molecule has 0 radical (unpaired) electrons. The number of hydrogen-bond acceptors (Lipinski definition) is 5. The van der Waals surface area contributed by atoms with E-state index in [0.717, 1.165) is 5.75 Å². The lowest BCUT2D eigenvalue weighted by molar-refractivity contribution is -0.127. The average Bonchev–Trinajstić information content (AvgIpc) is 2.99. The Hall–Kier alpha value is -2.90. The Morgan fingerprint density at radius 3 is 2.77 bits per heavy atom. The maximum Gasteiger partial charge on any atom is 0.245 e. The summed E-state index contributed by atoms with van der Waals surface area (Å²) in [4.78, 5) is 22.4. The SMILES string of the molecule is CC(C(=O)NCC(N)=O)n1cc(COc2ccccc2)nn1. The van der Waals surface area contributed by atoms with E-state index in [0.29, 0.717) is 5.69 Å². The number of aromatic nitrogens is 3. The van der Waals surface area contributed by atoms with Crippen LogP contribution in [0.3, 0.4) is 0 Å². The number of nitrogens with one attached hydrogen (secondary N) is 1. The molecule has 22 heavy (non-hydrogen) atoms. The van der Waals surface area contributed by atoms with Crippen LogP contribution < -0.4 is 15.8 Å². The van der Waals surface area contributed by atoms with Crippen LogP contribution in [0.4, 0.5) is 0 Å². The lowest BCUT2D eigenvalue weighted by atomic mass is 10.3. The quantitative estimate of drug-likeness (QED) is 0.749. The molecule has 2 aromatic rings. The molecule has 0 fully saturated rings. The van der Waals surface area contributed by atoms with Crippen LogP contribution in [-0.2, 0) is 16.2 Å². The molecule has 3 N–H and O–H groups in total. The molecule has 0 aliphatic heterocycles. The van der Waals surface area contributed by atoms with Gasteiger partial charge in [-0.05, 0) is 19.1 Å². The molecule has 1 aromatic carbocycles. The summed E-state index contributed by atoms with van der Waals surface area (Å²) in [6.45, 7) is 1.69. The van der Waals surface area contributed by atoms with Gasteiger partial charge in [-0.3, -0.25) is 9.59 Å². The van der Waals surface area contributed by atoms with Crippen molar-refractivity contribution in [3.63, 3.8) is 0 Å². The van der Waals surface area contributed by atoms with E-state index in [1.165, 1.54) is 4.68 Å². The number of benzene rings is 1. The number of nitrogens with zero attached hydrogens (tertiary/aromatic N) is 3. The molecule has 116 valence electrons. The number of carbonyl (C=O) groups excluding carboxylic acids is 2. The van der Waals surface area contributed by atoms with E-state index in [-0.39, 0.29) is 19.1 Å². The molecule has 2 amide bonds. The Morgan fingerprint density at radius 1 is 1.36 bits per heavy atom. The van der Waals surface area contributed by atoms with Crippen molar-refractivity contribution in [2.24, 2.45) is 5.73 Å².